The van der Waals surface area contributed by atoms with Crippen LogP contribution in [-0.4, -0.2) is 47.7 Å². The normalized spacial score (nSPS) is 18.3. The summed E-state index contributed by atoms with van der Waals surface area (Å²) < 4.78 is 6.00. The Morgan fingerprint density at radius 3 is 2.38 bits per heavy atom. The first-order valence-corrected chi connectivity index (χ1v) is 14.2. The van der Waals surface area contributed by atoms with Crippen molar-refractivity contribution in [1.82, 2.24) is 15.2 Å². The molecule has 3 aromatic rings. The van der Waals surface area contributed by atoms with E-state index in [0.717, 1.165) is 30.6 Å². The highest BCUT2D eigenvalue weighted by Gasteiger charge is 2.28. The molecule has 0 saturated heterocycles. The Kier molecular flexibility index (Phi) is 9.72. The maximum absolute atomic E-state index is 12.9. The van der Waals surface area contributed by atoms with Crippen LogP contribution in [0.4, 0.5) is 5.69 Å². The summed E-state index contributed by atoms with van der Waals surface area (Å²) in [6.07, 6.45) is 3.57. The molecule has 2 aromatic carbocycles. The van der Waals surface area contributed by atoms with Crippen LogP contribution in [0.5, 0.6) is 11.6 Å². The van der Waals surface area contributed by atoms with E-state index in [1.54, 1.807) is 6.07 Å². The third-order valence-electron chi connectivity index (χ3n) is 7.83. The molecule has 1 aliphatic carbocycles. The van der Waals surface area contributed by atoms with Crippen LogP contribution >= 0.6 is 11.6 Å². The summed E-state index contributed by atoms with van der Waals surface area (Å²) in [5, 5.41) is 15.0. The lowest BCUT2D eigenvalue weighted by atomic mass is 9.88. The molecule has 0 amide bonds. The van der Waals surface area contributed by atoms with Crippen LogP contribution in [0.1, 0.15) is 61.2 Å². The Hall–Kier alpha value is -2.84. The Bertz CT molecular complexity index is 1300. The summed E-state index contributed by atoms with van der Waals surface area (Å²) in [5.41, 5.74) is 3.68. The minimum Gasteiger partial charge on any atom is -0.441 e. The largest absolute Gasteiger partial charge is 0.441 e. The Morgan fingerprint density at radius 2 is 1.74 bits per heavy atom. The van der Waals surface area contributed by atoms with Gasteiger partial charge in [-0.15, -0.1) is 0 Å². The number of benzene rings is 2. The number of nitrogens with zero attached hydrogens (tertiary/aromatic N) is 2. The van der Waals surface area contributed by atoms with Crippen LogP contribution in [0.25, 0.3) is 0 Å². The predicted octanol–water partition coefficient (Wildman–Crippen LogP) is 5.92. The number of aromatic amines is 1. The number of anilines is 1. The van der Waals surface area contributed by atoms with Crippen molar-refractivity contribution < 1.29 is 9.84 Å². The van der Waals surface area contributed by atoms with Gasteiger partial charge >= 0.3 is 0 Å². The summed E-state index contributed by atoms with van der Waals surface area (Å²) >= 11 is 6.60. The number of rotatable bonds is 10. The standard InChI is InChI=1S/C31H41ClN4O3/c1-6-36(24-14-12-23(13-15-24)35(4)5)28-18-22(32)17-26(21(28)3)30(38)33-19-27-29(37)16-20(2)34-31(27)39-25-10-8-7-9-11-25/h7-11,16-18,23-24,30,33,38H,6,12-15,19H2,1-5H3,(H,34,37). The second-order valence-corrected chi connectivity index (χ2v) is 11.1. The average molecular weight is 553 g/mol. The molecular weight excluding hydrogens is 512 g/mol. The quantitative estimate of drug-likeness (QED) is 0.271. The summed E-state index contributed by atoms with van der Waals surface area (Å²) in [5.74, 6) is 0.982. The number of H-pyrrole nitrogens is 1. The van der Waals surface area contributed by atoms with Gasteiger partial charge in [0.1, 0.15) is 12.0 Å². The number of aryl methyl sites for hydroxylation is 1. The van der Waals surface area contributed by atoms with Gasteiger partial charge < -0.3 is 24.6 Å². The van der Waals surface area contributed by atoms with Crippen molar-refractivity contribution in [2.45, 2.75) is 71.3 Å². The van der Waals surface area contributed by atoms with E-state index in [2.05, 4.69) is 41.1 Å². The molecule has 0 spiro atoms. The monoisotopic (exact) mass is 552 g/mol. The van der Waals surface area contributed by atoms with Crippen LogP contribution in [0, 0.1) is 13.8 Å². The molecule has 1 aliphatic rings. The van der Waals surface area contributed by atoms with Crippen molar-refractivity contribution in [3.05, 3.63) is 86.2 Å². The van der Waals surface area contributed by atoms with Crippen molar-refractivity contribution >= 4 is 17.3 Å². The minimum absolute atomic E-state index is 0.117. The summed E-state index contributed by atoms with van der Waals surface area (Å²) in [6.45, 7) is 6.99. The molecule has 1 unspecified atom stereocenters. The molecule has 0 bridgehead atoms. The molecule has 210 valence electrons. The smallest absolute Gasteiger partial charge is 0.206 e. The second-order valence-electron chi connectivity index (χ2n) is 10.7. The number of para-hydroxylation sites is 1. The second kappa shape index (κ2) is 13.0. The SMILES string of the molecule is CCN(c1cc(Cl)cc(C(O)NCc2c(Oc3ccccc3)[nH]c(C)cc2=O)c1C)C1CCC(N(C)C)CC1. The Morgan fingerprint density at radius 1 is 1.08 bits per heavy atom. The summed E-state index contributed by atoms with van der Waals surface area (Å²) in [4.78, 5) is 20.8. The Labute approximate surface area is 236 Å². The zero-order valence-electron chi connectivity index (χ0n) is 23.6. The number of aliphatic hydroxyl groups is 1. The lowest BCUT2D eigenvalue weighted by Crippen LogP contribution is -2.42. The van der Waals surface area contributed by atoms with Crippen molar-refractivity contribution in [1.29, 1.82) is 0 Å². The van der Waals surface area contributed by atoms with E-state index < -0.39 is 6.23 Å². The third kappa shape index (κ3) is 7.03. The van der Waals surface area contributed by atoms with Gasteiger partial charge in [-0.2, -0.15) is 0 Å². The van der Waals surface area contributed by atoms with Crippen LogP contribution in [0.15, 0.2) is 53.3 Å². The van der Waals surface area contributed by atoms with E-state index in [1.807, 2.05) is 50.2 Å². The third-order valence-corrected chi connectivity index (χ3v) is 8.05. The molecule has 7 nitrogen and oxygen atoms in total. The van der Waals surface area contributed by atoms with Gasteiger partial charge in [-0.3, -0.25) is 10.1 Å². The first kappa shape index (κ1) is 29.2. The van der Waals surface area contributed by atoms with Gasteiger partial charge in [-0.05, 0) is 90.4 Å². The van der Waals surface area contributed by atoms with Crippen molar-refractivity contribution in [2.24, 2.45) is 0 Å². The fourth-order valence-electron chi connectivity index (χ4n) is 5.63. The molecule has 1 atom stereocenters. The fourth-order valence-corrected chi connectivity index (χ4v) is 5.86. The van der Waals surface area contributed by atoms with Crippen LogP contribution in [0.2, 0.25) is 5.02 Å². The van der Waals surface area contributed by atoms with Crippen molar-refractivity contribution in [2.75, 3.05) is 25.5 Å². The molecule has 8 heteroatoms. The zero-order valence-corrected chi connectivity index (χ0v) is 24.4. The summed E-state index contributed by atoms with van der Waals surface area (Å²) in [7, 11) is 4.32. The minimum atomic E-state index is -1.02. The van der Waals surface area contributed by atoms with Gasteiger partial charge in [0.05, 0.1) is 5.56 Å². The van der Waals surface area contributed by atoms with Crippen LogP contribution < -0.4 is 20.4 Å². The number of pyridine rings is 1. The van der Waals surface area contributed by atoms with Crippen molar-refractivity contribution in [3.63, 3.8) is 0 Å². The maximum atomic E-state index is 12.9. The molecule has 0 radical (unpaired) electrons. The zero-order chi connectivity index (χ0) is 28.1. The van der Waals surface area contributed by atoms with Crippen molar-refractivity contribution in [3.8, 4) is 11.6 Å². The van der Waals surface area contributed by atoms with E-state index in [9.17, 15) is 9.90 Å². The van der Waals surface area contributed by atoms with E-state index in [-0.39, 0.29) is 12.0 Å². The van der Waals surface area contributed by atoms with Gasteiger partial charge in [-0.1, -0.05) is 29.8 Å². The topological polar surface area (TPSA) is 80.8 Å². The highest BCUT2D eigenvalue weighted by Crippen LogP contribution is 2.35. The molecule has 1 heterocycles. The number of aliphatic hydroxyl groups excluding tert-OH is 1. The molecular formula is C31H41ClN4O3. The number of halogens is 1. The molecule has 1 aromatic heterocycles. The number of hydrogen-bond acceptors (Lipinski definition) is 6. The summed E-state index contributed by atoms with van der Waals surface area (Å²) in [6, 6.07) is 15.7. The van der Waals surface area contributed by atoms with E-state index in [1.165, 1.54) is 18.9 Å². The Balaban J connectivity index is 1.54. The molecule has 1 saturated carbocycles. The number of ether oxygens (including phenoxy) is 1. The molecule has 39 heavy (non-hydrogen) atoms. The molecule has 1 fully saturated rings. The van der Waals surface area contributed by atoms with E-state index in [4.69, 9.17) is 16.3 Å². The van der Waals surface area contributed by atoms with Gasteiger partial charge in [-0.25, -0.2) is 0 Å². The van der Waals surface area contributed by atoms with Gasteiger partial charge in [0.15, 0.2) is 5.43 Å². The maximum Gasteiger partial charge on any atom is 0.206 e. The van der Waals surface area contributed by atoms with Crippen LogP contribution in [0.3, 0.4) is 0 Å². The van der Waals surface area contributed by atoms with Gasteiger partial charge in [0.25, 0.3) is 0 Å². The number of nitrogens with one attached hydrogen (secondary N) is 2. The highest BCUT2D eigenvalue weighted by molar-refractivity contribution is 6.31. The lowest BCUT2D eigenvalue weighted by Gasteiger charge is -2.40. The number of hydrogen-bond donors (Lipinski definition) is 3. The predicted molar refractivity (Wildman–Crippen MR) is 159 cm³/mol. The molecule has 0 aliphatic heterocycles. The average Bonchev–Trinajstić information content (AvgIpc) is 2.91. The fraction of sp³-hybridized carbons (Fsp3) is 0.452. The van der Waals surface area contributed by atoms with Gasteiger partial charge in [0, 0.05) is 53.2 Å². The molecule has 3 N–H and O–H groups in total. The van der Waals surface area contributed by atoms with E-state index in [0.29, 0.717) is 45.6 Å². The van der Waals surface area contributed by atoms with E-state index >= 15 is 0 Å². The highest BCUT2D eigenvalue weighted by atomic mass is 35.5. The van der Waals surface area contributed by atoms with Crippen LogP contribution in [-0.2, 0) is 6.54 Å². The lowest BCUT2D eigenvalue weighted by molar-refractivity contribution is 0.136. The van der Waals surface area contributed by atoms with Gasteiger partial charge in [0.2, 0.25) is 5.88 Å². The first-order valence-electron chi connectivity index (χ1n) is 13.8. The number of aromatic nitrogens is 1. The first-order chi connectivity index (χ1) is 18.7. The molecule has 4 rings (SSSR count).